The van der Waals surface area contributed by atoms with Gasteiger partial charge in [-0.3, -0.25) is 9.78 Å². The van der Waals surface area contributed by atoms with Crippen LogP contribution in [0.15, 0.2) is 42.6 Å². The van der Waals surface area contributed by atoms with E-state index >= 15 is 0 Å². The molecule has 3 rings (SSSR count). The van der Waals surface area contributed by atoms with Gasteiger partial charge in [-0.25, -0.2) is 0 Å². The minimum absolute atomic E-state index is 0.416. The number of carbonyl (C=O) groups excluding carboxylic acids is 1. The topological polar surface area (TPSA) is 68.0 Å². The third kappa shape index (κ3) is 5.13. The van der Waals surface area contributed by atoms with Crippen LogP contribution < -0.4 is 11.1 Å². The number of amides is 1. The van der Waals surface area contributed by atoms with E-state index in [0.29, 0.717) is 5.56 Å². The highest BCUT2D eigenvalue weighted by Gasteiger charge is 2.12. The Labute approximate surface area is 149 Å². The molecule has 0 radical (unpaired) electrons. The molecule has 1 fully saturated rings. The predicted molar refractivity (Wildman–Crippen MR) is 101 cm³/mol. The molecule has 2 aromatic rings. The van der Waals surface area contributed by atoms with Crippen molar-refractivity contribution in [2.24, 2.45) is 11.7 Å². The molecule has 0 bridgehead atoms. The summed E-state index contributed by atoms with van der Waals surface area (Å²) in [5.74, 6) is 0.500. The van der Waals surface area contributed by atoms with E-state index in [1.54, 1.807) is 12.1 Å². The van der Waals surface area contributed by atoms with Crippen LogP contribution in [-0.2, 0) is 6.54 Å². The molecular weight excluding hydrogens is 310 g/mol. The summed E-state index contributed by atoms with van der Waals surface area (Å²) in [7, 11) is 0. The Kier molecular flexibility index (Phi) is 6.18. The van der Waals surface area contributed by atoms with Crippen LogP contribution in [0.25, 0.3) is 11.3 Å². The number of carbonyl (C=O) groups is 1. The SMILES string of the molecule is NC(=O)c1cccc(-c2ccc(CNCCC3CCCCC3)cn2)c1. The van der Waals surface area contributed by atoms with Crippen LogP contribution in [0.2, 0.25) is 0 Å². The van der Waals surface area contributed by atoms with Gasteiger partial charge in [0.1, 0.15) is 0 Å². The van der Waals surface area contributed by atoms with Crippen molar-refractivity contribution in [2.45, 2.75) is 45.1 Å². The van der Waals surface area contributed by atoms with E-state index in [1.807, 2.05) is 24.4 Å². The van der Waals surface area contributed by atoms with Gasteiger partial charge in [0.2, 0.25) is 5.91 Å². The molecule has 3 N–H and O–H groups in total. The maximum Gasteiger partial charge on any atom is 0.248 e. The fourth-order valence-electron chi connectivity index (χ4n) is 3.55. The number of benzene rings is 1. The van der Waals surface area contributed by atoms with Crippen molar-refractivity contribution in [3.05, 3.63) is 53.7 Å². The standard InChI is InChI=1S/C21H27N3O/c22-21(25)19-8-4-7-18(13-19)20-10-9-17(15-24-20)14-23-12-11-16-5-2-1-3-6-16/h4,7-10,13,15-16,23H,1-3,5-6,11-12,14H2,(H2,22,25). The highest BCUT2D eigenvalue weighted by Crippen LogP contribution is 2.25. The van der Waals surface area contributed by atoms with Crippen molar-refractivity contribution < 1.29 is 4.79 Å². The second kappa shape index (κ2) is 8.77. The van der Waals surface area contributed by atoms with Gasteiger partial charge in [0.15, 0.2) is 0 Å². The average molecular weight is 337 g/mol. The monoisotopic (exact) mass is 337 g/mol. The number of aromatic nitrogens is 1. The molecule has 0 spiro atoms. The number of pyridine rings is 1. The van der Waals surface area contributed by atoms with Gasteiger partial charge in [0.25, 0.3) is 0 Å². The number of nitrogens with zero attached hydrogens (tertiary/aromatic N) is 1. The Bertz CT molecular complexity index is 691. The van der Waals surface area contributed by atoms with E-state index in [0.717, 1.165) is 30.3 Å². The lowest BCUT2D eigenvalue weighted by atomic mass is 9.87. The zero-order chi connectivity index (χ0) is 17.5. The second-order valence-corrected chi connectivity index (χ2v) is 6.97. The molecule has 1 saturated carbocycles. The molecule has 1 amide bonds. The zero-order valence-electron chi connectivity index (χ0n) is 14.7. The van der Waals surface area contributed by atoms with Crippen molar-refractivity contribution in [1.82, 2.24) is 10.3 Å². The summed E-state index contributed by atoms with van der Waals surface area (Å²) in [6.07, 6.45) is 10.2. The van der Waals surface area contributed by atoms with E-state index in [2.05, 4.69) is 16.4 Å². The molecule has 0 unspecified atom stereocenters. The third-order valence-corrected chi connectivity index (χ3v) is 5.05. The Hall–Kier alpha value is -2.20. The van der Waals surface area contributed by atoms with Crippen molar-refractivity contribution in [3.8, 4) is 11.3 Å². The van der Waals surface area contributed by atoms with Gasteiger partial charge in [0.05, 0.1) is 5.69 Å². The molecule has 1 aliphatic rings. The van der Waals surface area contributed by atoms with Gasteiger partial charge < -0.3 is 11.1 Å². The molecule has 0 aliphatic heterocycles. The molecule has 1 heterocycles. The number of rotatable bonds is 7. The van der Waals surface area contributed by atoms with Crippen molar-refractivity contribution in [2.75, 3.05) is 6.54 Å². The Morgan fingerprint density at radius 2 is 2.00 bits per heavy atom. The van der Waals surface area contributed by atoms with Gasteiger partial charge in [-0.15, -0.1) is 0 Å². The quantitative estimate of drug-likeness (QED) is 0.753. The Morgan fingerprint density at radius 3 is 2.72 bits per heavy atom. The predicted octanol–water partition coefficient (Wildman–Crippen LogP) is 3.91. The summed E-state index contributed by atoms with van der Waals surface area (Å²) in [5.41, 5.74) is 8.79. The number of nitrogens with one attached hydrogen (secondary N) is 1. The number of hydrogen-bond donors (Lipinski definition) is 2. The van der Waals surface area contributed by atoms with Crippen LogP contribution in [0.4, 0.5) is 0 Å². The lowest BCUT2D eigenvalue weighted by Gasteiger charge is -2.21. The van der Waals surface area contributed by atoms with Gasteiger partial charge in [-0.2, -0.15) is 0 Å². The van der Waals surface area contributed by atoms with E-state index in [9.17, 15) is 4.79 Å². The third-order valence-electron chi connectivity index (χ3n) is 5.05. The summed E-state index contributed by atoms with van der Waals surface area (Å²) >= 11 is 0. The highest BCUT2D eigenvalue weighted by molar-refractivity contribution is 5.93. The molecule has 0 atom stereocenters. The molecule has 1 aromatic heterocycles. The summed E-state index contributed by atoms with van der Waals surface area (Å²) in [6.45, 7) is 1.93. The average Bonchev–Trinajstić information content (AvgIpc) is 2.67. The molecule has 4 nitrogen and oxygen atoms in total. The first-order chi connectivity index (χ1) is 12.2. The summed E-state index contributed by atoms with van der Waals surface area (Å²) in [6, 6.07) is 11.4. The van der Waals surface area contributed by atoms with Crippen LogP contribution in [-0.4, -0.2) is 17.4 Å². The van der Waals surface area contributed by atoms with E-state index in [4.69, 9.17) is 5.73 Å². The molecule has 25 heavy (non-hydrogen) atoms. The first-order valence-electron chi connectivity index (χ1n) is 9.28. The summed E-state index contributed by atoms with van der Waals surface area (Å²) in [5, 5.41) is 3.53. The lowest BCUT2D eigenvalue weighted by molar-refractivity contribution is 0.100. The molecule has 132 valence electrons. The van der Waals surface area contributed by atoms with E-state index in [-0.39, 0.29) is 0 Å². The number of primary amides is 1. The maximum atomic E-state index is 11.3. The highest BCUT2D eigenvalue weighted by atomic mass is 16.1. The molecule has 0 saturated heterocycles. The molecule has 1 aliphatic carbocycles. The maximum absolute atomic E-state index is 11.3. The molecule has 4 heteroatoms. The van der Waals surface area contributed by atoms with Crippen LogP contribution in [0.3, 0.4) is 0 Å². The van der Waals surface area contributed by atoms with Crippen LogP contribution in [0, 0.1) is 5.92 Å². The smallest absolute Gasteiger partial charge is 0.248 e. The lowest BCUT2D eigenvalue weighted by Crippen LogP contribution is -2.19. The summed E-state index contributed by atoms with van der Waals surface area (Å²) < 4.78 is 0. The Balaban J connectivity index is 1.50. The van der Waals surface area contributed by atoms with Gasteiger partial charge in [0, 0.05) is 23.9 Å². The van der Waals surface area contributed by atoms with Crippen LogP contribution in [0.5, 0.6) is 0 Å². The van der Waals surface area contributed by atoms with Gasteiger partial charge >= 0.3 is 0 Å². The normalized spacial score (nSPS) is 15.2. The van der Waals surface area contributed by atoms with Gasteiger partial charge in [-0.05, 0) is 42.6 Å². The van der Waals surface area contributed by atoms with Crippen LogP contribution >= 0.6 is 0 Å². The minimum atomic E-state index is -0.416. The first-order valence-corrected chi connectivity index (χ1v) is 9.28. The fourth-order valence-corrected chi connectivity index (χ4v) is 3.55. The van der Waals surface area contributed by atoms with Gasteiger partial charge in [-0.1, -0.05) is 50.3 Å². The van der Waals surface area contributed by atoms with E-state index < -0.39 is 5.91 Å². The van der Waals surface area contributed by atoms with E-state index in [1.165, 1.54) is 44.1 Å². The van der Waals surface area contributed by atoms with Crippen molar-refractivity contribution in [1.29, 1.82) is 0 Å². The molecular formula is C21H27N3O. The number of hydrogen-bond acceptors (Lipinski definition) is 3. The largest absolute Gasteiger partial charge is 0.366 e. The fraction of sp³-hybridized carbons (Fsp3) is 0.429. The molecule has 1 aromatic carbocycles. The first kappa shape index (κ1) is 17.6. The summed E-state index contributed by atoms with van der Waals surface area (Å²) in [4.78, 5) is 15.8. The van der Waals surface area contributed by atoms with Crippen LogP contribution in [0.1, 0.15) is 54.4 Å². The Morgan fingerprint density at radius 1 is 1.16 bits per heavy atom. The second-order valence-electron chi connectivity index (χ2n) is 6.97. The zero-order valence-corrected chi connectivity index (χ0v) is 14.7. The van der Waals surface area contributed by atoms with Crippen molar-refractivity contribution in [3.63, 3.8) is 0 Å². The minimum Gasteiger partial charge on any atom is -0.366 e. The number of nitrogens with two attached hydrogens (primary N) is 1. The van der Waals surface area contributed by atoms with Crippen molar-refractivity contribution >= 4 is 5.91 Å².